The first kappa shape index (κ1) is 5.22. The van der Waals surface area contributed by atoms with Crippen molar-refractivity contribution in [1.29, 1.82) is 0 Å². The lowest BCUT2D eigenvalue weighted by Crippen LogP contribution is -2.12. The summed E-state index contributed by atoms with van der Waals surface area (Å²) >= 11 is 0. The number of ketones is 1. The van der Waals surface area contributed by atoms with Crippen LogP contribution in [-0.2, 0) is 4.79 Å². The van der Waals surface area contributed by atoms with E-state index < -0.39 is 0 Å². The van der Waals surface area contributed by atoms with Gasteiger partial charge < -0.3 is 0 Å². The van der Waals surface area contributed by atoms with Gasteiger partial charge in [-0.3, -0.25) is 4.79 Å². The smallest absolute Gasteiger partial charge is 0.208 e. The van der Waals surface area contributed by atoms with Crippen LogP contribution in [0.15, 0.2) is 39.4 Å². The zero-order valence-electron chi connectivity index (χ0n) is 4.98. The van der Waals surface area contributed by atoms with E-state index in [0.29, 0.717) is 11.4 Å². The maximum Gasteiger partial charge on any atom is 0.208 e. The van der Waals surface area contributed by atoms with Gasteiger partial charge in [0.25, 0.3) is 0 Å². The van der Waals surface area contributed by atoms with Crippen LogP contribution in [0.4, 0.5) is 0 Å². The van der Waals surface area contributed by atoms with Crippen LogP contribution in [0.5, 0.6) is 0 Å². The summed E-state index contributed by atoms with van der Waals surface area (Å²) < 4.78 is 0. The van der Waals surface area contributed by atoms with E-state index in [-0.39, 0.29) is 5.78 Å². The van der Waals surface area contributed by atoms with Gasteiger partial charge in [-0.15, -0.1) is 10.2 Å². The van der Waals surface area contributed by atoms with Gasteiger partial charge in [0.15, 0.2) is 5.71 Å². The molecule has 0 bridgehead atoms. The molecule has 0 saturated carbocycles. The van der Waals surface area contributed by atoms with Crippen LogP contribution in [0.3, 0.4) is 0 Å². The van der Waals surface area contributed by atoms with Crippen molar-refractivity contribution < 1.29 is 4.79 Å². The quantitative estimate of drug-likeness (QED) is 0.451. The van der Waals surface area contributed by atoms with Crippen molar-refractivity contribution in [3.05, 3.63) is 23.9 Å². The van der Waals surface area contributed by atoms with Crippen LogP contribution >= 0.6 is 0 Å². The van der Waals surface area contributed by atoms with Crippen LogP contribution in [0, 0.1) is 0 Å². The van der Waals surface area contributed by atoms with Crippen molar-refractivity contribution in [3.8, 4) is 0 Å². The number of fused-ring (bicyclic) bond motifs is 1. The second-order valence-corrected chi connectivity index (χ2v) is 1.91. The number of rotatable bonds is 0. The number of hydrogen-bond acceptors (Lipinski definition) is 4. The minimum absolute atomic E-state index is 0.123. The molecule has 48 valence electrons. The normalized spacial score (nSPS) is 20.6. The van der Waals surface area contributed by atoms with Crippen LogP contribution in [0.2, 0.25) is 0 Å². The molecule has 1 heterocycles. The van der Waals surface area contributed by atoms with Gasteiger partial charge in [0, 0.05) is 0 Å². The summed E-state index contributed by atoms with van der Waals surface area (Å²) in [6, 6.07) is 0. The Morgan fingerprint density at radius 1 is 1.40 bits per heavy atom. The van der Waals surface area contributed by atoms with Gasteiger partial charge >= 0.3 is 0 Å². The number of carbonyl (C=O) groups excluding carboxylic acids is 1. The largest absolute Gasteiger partial charge is 0.287 e. The van der Waals surface area contributed by atoms with E-state index >= 15 is 0 Å². The molecule has 0 aromatic carbocycles. The molecule has 0 amide bonds. The molecule has 4 heteroatoms. The van der Waals surface area contributed by atoms with Gasteiger partial charge in [-0.1, -0.05) is 6.08 Å². The van der Waals surface area contributed by atoms with Gasteiger partial charge in [-0.2, -0.15) is 0 Å². The Bertz CT molecular complexity index is 303. The summed E-state index contributed by atoms with van der Waals surface area (Å²) in [5.41, 5.74) is 0.912. The van der Waals surface area contributed by atoms with Crippen molar-refractivity contribution in [2.75, 3.05) is 0 Å². The molecule has 0 spiro atoms. The summed E-state index contributed by atoms with van der Waals surface area (Å²) in [5, 5.41) is 10.5. The van der Waals surface area contributed by atoms with Crippen molar-refractivity contribution in [1.82, 2.24) is 0 Å². The van der Waals surface area contributed by atoms with Crippen LogP contribution in [0.1, 0.15) is 0 Å². The van der Waals surface area contributed by atoms with Gasteiger partial charge in [0.1, 0.15) is 5.70 Å². The third-order valence-corrected chi connectivity index (χ3v) is 1.27. The standard InChI is InChI=1S/C6H3N3O/c10-5-3-1-2-4-6(5)8-9-7-4/h1-3H. The predicted molar refractivity (Wildman–Crippen MR) is 34.5 cm³/mol. The fourth-order valence-corrected chi connectivity index (χ4v) is 0.807. The molecule has 0 radical (unpaired) electrons. The van der Waals surface area contributed by atoms with E-state index in [1.807, 2.05) is 0 Å². The molecule has 0 fully saturated rings. The van der Waals surface area contributed by atoms with Gasteiger partial charge in [-0.05, 0) is 17.4 Å². The van der Waals surface area contributed by atoms with Gasteiger partial charge in [0.2, 0.25) is 5.78 Å². The Labute approximate surface area is 56.6 Å². The van der Waals surface area contributed by atoms with Crippen molar-refractivity contribution in [3.63, 3.8) is 0 Å². The van der Waals surface area contributed by atoms with Gasteiger partial charge in [0.05, 0.1) is 0 Å². The molecule has 0 unspecified atom stereocenters. The summed E-state index contributed by atoms with van der Waals surface area (Å²) in [4.78, 5) is 10.9. The summed E-state index contributed by atoms with van der Waals surface area (Å²) in [6.07, 6.45) is 4.79. The molecule has 10 heavy (non-hydrogen) atoms. The zero-order chi connectivity index (χ0) is 6.97. The van der Waals surface area contributed by atoms with Crippen LogP contribution in [-0.4, -0.2) is 11.5 Å². The second kappa shape index (κ2) is 1.70. The first-order valence-corrected chi connectivity index (χ1v) is 2.80. The molecule has 0 atom stereocenters. The summed E-state index contributed by atoms with van der Waals surface area (Å²) in [6.45, 7) is 0. The van der Waals surface area contributed by atoms with Crippen molar-refractivity contribution >= 4 is 11.5 Å². The third-order valence-electron chi connectivity index (χ3n) is 1.27. The van der Waals surface area contributed by atoms with Crippen LogP contribution in [0.25, 0.3) is 0 Å². The molecule has 2 rings (SSSR count). The highest BCUT2D eigenvalue weighted by molar-refractivity contribution is 6.50. The highest BCUT2D eigenvalue weighted by Crippen LogP contribution is 2.14. The number of carbonyl (C=O) groups is 1. The first-order valence-electron chi connectivity index (χ1n) is 2.80. The topological polar surface area (TPSA) is 54.1 Å². The Kier molecular flexibility index (Phi) is 0.887. The van der Waals surface area contributed by atoms with Crippen molar-refractivity contribution in [2.45, 2.75) is 0 Å². The Morgan fingerprint density at radius 2 is 2.30 bits per heavy atom. The lowest BCUT2D eigenvalue weighted by atomic mass is 10.1. The van der Waals surface area contributed by atoms with E-state index in [4.69, 9.17) is 0 Å². The first-order chi connectivity index (χ1) is 4.88. The van der Waals surface area contributed by atoms with E-state index in [0.717, 1.165) is 0 Å². The minimum Gasteiger partial charge on any atom is -0.287 e. The molecule has 0 N–H and O–H groups in total. The zero-order valence-corrected chi connectivity index (χ0v) is 4.98. The van der Waals surface area contributed by atoms with E-state index in [1.165, 1.54) is 6.08 Å². The van der Waals surface area contributed by atoms with Crippen molar-refractivity contribution in [2.24, 2.45) is 15.4 Å². The van der Waals surface area contributed by atoms with E-state index in [2.05, 4.69) is 15.4 Å². The third kappa shape index (κ3) is 0.556. The molecule has 0 aromatic heterocycles. The maximum absolute atomic E-state index is 10.9. The average molecular weight is 133 g/mol. The Morgan fingerprint density at radius 3 is 3.10 bits per heavy atom. The molecule has 1 aliphatic heterocycles. The number of hydrogen-bond donors (Lipinski definition) is 0. The van der Waals surface area contributed by atoms with E-state index in [1.54, 1.807) is 12.2 Å². The number of allylic oxidation sites excluding steroid dienone is 4. The molecule has 4 nitrogen and oxygen atoms in total. The number of nitrogens with zero attached hydrogens (tertiary/aromatic N) is 3. The van der Waals surface area contributed by atoms with Gasteiger partial charge in [-0.25, -0.2) is 0 Å². The average Bonchev–Trinajstić information content (AvgIpc) is 2.36. The molecule has 0 saturated heterocycles. The maximum atomic E-state index is 10.9. The highest BCUT2D eigenvalue weighted by Gasteiger charge is 2.19. The highest BCUT2D eigenvalue weighted by atomic mass is 16.1. The molecule has 0 aromatic rings. The monoisotopic (exact) mass is 133 g/mol. The SMILES string of the molecule is O=C1C=CC=C2N=NN=C12. The molecule has 2 aliphatic rings. The van der Waals surface area contributed by atoms with E-state index in [9.17, 15) is 4.79 Å². The fourth-order valence-electron chi connectivity index (χ4n) is 0.807. The Balaban J connectivity index is 2.54. The van der Waals surface area contributed by atoms with Crippen LogP contribution < -0.4 is 0 Å². The molecular formula is C6H3N3O. The molecule has 1 aliphatic carbocycles. The Hall–Kier alpha value is -1.58. The molecular weight excluding hydrogens is 130 g/mol. The summed E-state index contributed by atoms with van der Waals surface area (Å²) in [7, 11) is 0. The lowest BCUT2D eigenvalue weighted by molar-refractivity contribution is -0.108. The minimum atomic E-state index is -0.123. The second-order valence-electron chi connectivity index (χ2n) is 1.91. The predicted octanol–water partition coefficient (Wildman–Crippen LogP) is 0.831. The fraction of sp³-hybridized carbons (Fsp3) is 0. The lowest BCUT2D eigenvalue weighted by Gasteiger charge is -1.96. The summed E-state index contributed by atoms with van der Waals surface area (Å²) in [5.74, 6) is -0.123.